The molecule has 0 fully saturated rings. The number of benzene rings is 2. The zero-order valence-corrected chi connectivity index (χ0v) is 15.4. The molecule has 2 aromatic heterocycles. The minimum atomic E-state index is -3.30. The van der Waals surface area contributed by atoms with E-state index < -0.39 is 9.84 Å². The van der Waals surface area contributed by atoms with E-state index in [0.717, 1.165) is 15.9 Å². The Morgan fingerprint density at radius 3 is 2.72 bits per heavy atom. The minimum absolute atomic E-state index is 0.247. The monoisotopic (exact) mass is 389 g/mol. The average Bonchev–Trinajstić information content (AvgIpc) is 3.06. The fourth-order valence-electron chi connectivity index (χ4n) is 2.60. The van der Waals surface area contributed by atoms with Crippen LogP contribution in [-0.2, 0) is 9.84 Å². The van der Waals surface area contributed by atoms with Crippen LogP contribution in [0.1, 0.15) is 0 Å². The van der Waals surface area contributed by atoms with E-state index in [1.54, 1.807) is 36.0 Å². The molecule has 0 bridgehead atoms. The molecule has 0 saturated heterocycles. The second kappa shape index (κ2) is 5.94. The topological polar surface area (TPSA) is 72.0 Å². The summed E-state index contributed by atoms with van der Waals surface area (Å²) < 4.78 is 24.7. The van der Waals surface area contributed by atoms with Crippen molar-refractivity contribution in [1.82, 2.24) is 9.97 Å². The van der Waals surface area contributed by atoms with Crippen LogP contribution in [0.15, 0.2) is 53.0 Å². The third-order valence-electron chi connectivity index (χ3n) is 3.85. The molecule has 1 N–H and O–H groups in total. The first-order chi connectivity index (χ1) is 11.9. The summed E-state index contributed by atoms with van der Waals surface area (Å²) in [7, 11) is -3.30. The number of hydrogen-bond acceptors (Lipinski definition) is 6. The third kappa shape index (κ3) is 2.95. The first-order valence-electron chi connectivity index (χ1n) is 7.31. The van der Waals surface area contributed by atoms with E-state index in [0.29, 0.717) is 21.6 Å². The zero-order chi connectivity index (χ0) is 17.6. The number of rotatable bonds is 3. The van der Waals surface area contributed by atoms with Gasteiger partial charge in [0.15, 0.2) is 9.84 Å². The van der Waals surface area contributed by atoms with Gasteiger partial charge in [0.05, 0.1) is 31.3 Å². The second-order valence-corrected chi connectivity index (χ2v) is 8.84. The molecule has 25 heavy (non-hydrogen) atoms. The quantitative estimate of drug-likeness (QED) is 0.552. The van der Waals surface area contributed by atoms with E-state index in [1.807, 2.05) is 12.1 Å². The van der Waals surface area contributed by atoms with Crippen LogP contribution in [0.2, 0.25) is 5.02 Å². The Labute approximate surface area is 153 Å². The summed E-state index contributed by atoms with van der Waals surface area (Å²) in [5.41, 5.74) is 4.63. The predicted molar refractivity (Wildman–Crippen MR) is 103 cm³/mol. The van der Waals surface area contributed by atoms with Crippen LogP contribution in [0.3, 0.4) is 0 Å². The Bertz CT molecular complexity index is 1220. The van der Waals surface area contributed by atoms with Gasteiger partial charge in [0.1, 0.15) is 5.52 Å². The van der Waals surface area contributed by atoms with Gasteiger partial charge in [0.25, 0.3) is 0 Å². The maximum absolute atomic E-state index is 11.8. The second-order valence-electron chi connectivity index (χ2n) is 5.56. The van der Waals surface area contributed by atoms with E-state index >= 15 is 0 Å². The standard InChI is InChI=1S/C17H12ClN3O2S2/c1-25(22,23)10-2-3-12-11(8-10)13(6-7-19-12)21-14-4-5-15-17(16(14)18)20-9-24-15/h2-9H,1H3,(H,19,21). The molecule has 0 radical (unpaired) electrons. The number of hydrogen-bond donors (Lipinski definition) is 1. The van der Waals surface area contributed by atoms with E-state index in [-0.39, 0.29) is 4.90 Å². The lowest BCUT2D eigenvalue weighted by atomic mass is 10.2. The number of sulfone groups is 1. The number of aromatic nitrogens is 2. The number of thiazole rings is 1. The highest BCUT2D eigenvalue weighted by atomic mass is 35.5. The largest absolute Gasteiger partial charge is 0.354 e. The third-order valence-corrected chi connectivity index (χ3v) is 6.14. The van der Waals surface area contributed by atoms with Gasteiger partial charge in [0, 0.05) is 23.5 Å². The van der Waals surface area contributed by atoms with Crippen molar-refractivity contribution in [2.45, 2.75) is 4.90 Å². The van der Waals surface area contributed by atoms with Gasteiger partial charge in [-0.25, -0.2) is 13.4 Å². The van der Waals surface area contributed by atoms with Gasteiger partial charge in [-0.15, -0.1) is 11.3 Å². The molecular formula is C17H12ClN3O2S2. The predicted octanol–water partition coefficient (Wildman–Crippen LogP) is 4.65. The van der Waals surface area contributed by atoms with Crippen molar-refractivity contribution in [3.8, 4) is 0 Å². The lowest BCUT2D eigenvalue weighted by Gasteiger charge is -2.12. The molecule has 8 heteroatoms. The van der Waals surface area contributed by atoms with Crippen LogP contribution in [0.4, 0.5) is 11.4 Å². The highest BCUT2D eigenvalue weighted by molar-refractivity contribution is 7.90. The molecule has 4 rings (SSSR count). The molecular weight excluding hydrogens is 378 g/mol. The molecule has 2 aromatic carbocycles. The Morgan fingerprint density at radius 1 is 1.08 bits per heavy atom. The highest BCUT2D eigenvalue weighted by Crippen LogP contribution is 2.35. The molecule has 0 spiro atoms. The highest BCUT2D eigenvalue weighted by Gasteiger charge is 2.12. The van der Waals surface area contributed by atoms with Crippen LogP contribution in [-0.4, -0.2) is 24.6 Å². The summed E-state index contributed by atoms with van der Waals surface area (Å²) in [6, 6.07) is 10.5. The Kier molecular flexibility index (Phi) is 3.87. The maximum Gasteiger partial charge on any atom is 0.175 e. The summed E-state index contributed by atoms with van der Waals surface area (Å²) in [4.78, 5) is 8.82. The number of pyridine rings is 1. The fraction of sp³-hybridized carbons (Fsp3) is 0.0588. The smallest absolute Gasteiger partial charge is 0.175 e. The van der Waals surface area contributed by atoms with Crippen molar-refractivity contribution in [3.63, 3.8) is 0 Å². The van der Waals surface area contributed by atoms with Crippen LogP contribution in [0.5, 0.6) is 0 Å². The molecule has 0 aliphatic carbocycles. The van der Waals surface area contributed by atoms with Crippen molar-refractivity contribution in [2.24, 2.45) is 0 Å². The SMILES string of the molecule is CS(=O)(=O)c1ccc2nccc(Nc3ccc4scnc4c3Cl)c2c1. The molecule has 0 saturated carbocycles. The lowest BCUT2D eigenvalue weighted by Crippen LogP contribution is -1.98. The molecule has 126 valence electrons. The lowest BCUT2D eigenvalue weighted by molar-refractivity contribution is 0.602. The van der Waals surface area contributed by atoms with Gasteiger partial charge in [-0.3, -0.25) is 4.98 Å². The Hall–Kier alpha value is -2.22. The summed E-state index contributed by atoms with van der Waals surface area (Å²) in [5.74, 6) is 0. The Balaban J connectivity index is 1.86. The molecule has 2 heterocycles. The van der Waals surface area contributed by atoms with Gasteiger partial charge in [-0.1, -0.05) is 11.6 Å². The average molecular weight is 390 g/mol. The van der Waals surface area contributed by atoms with Crippen LogP contribution in [0, 0.1) is 0 Å². The zero-order valence-electron chi connectivity index (χ0n) is 13.0. The van der Waals surface area contributed by atoms with Crippen LogP contribution in [0.25, 0.3) is 21.1 Å². The number of nitrogens with zero attached hydrogens (tertiary/aromatic N) is 2. The van der Waals surface area contributed by atoms with Crippen molar-refractivity contribution >= 4 is 65.3 Å². The number of anilines is 2. The maximum atomic E-state index is 11.8. The van der Waals surface area contributed by atoms with E-state index in [9.17, 15) is 8.42 Å². The minimum Gasteiger partial charge on any atom is -0.354 e. The van der Waals surface area contributed by atoms with Gasteiger partial charge in [-0.05, 0) is 36.4 Å². The van der Waals surface area contributed by atoms with E-state index in [1.165, 1.54) is 17.6 Å². The molecule has 4 aromatic rings. The number of fused-ring (bicyclic) bond motifs is 2. The Morgan fingerprint density at radius 2 is 1.92 bits per heavy atom. The van der Waals surface area contributed by atoms with Crippen molar-refractivity contribution < 1.29 is 8.42 Å². The first-order valence-corrected chi connectivity index (χ1v) is 10.5. The van der Waals surface area contributed by atoms with E-state index in [4.69, 9.17) is 11.6 Å². The van der Waals surface area contributed by atoms with Gasteiger partial charge < -0.3 is 5.32 Å². The van der Waals surface area contributed by atoms with Crippen molar-refractivity contribution in [3.05, 3.63) is 53.1 Å². The van der Waals surface area contributed by atoms with Crippen LogP contribution < -0.4 is 5.32 Å². The summed E-state index contributed by atoms with van der Waals surface area (Å²) in [6.45, 7) is 0. The summed E-state index contributed by atoms with van der Waals surface area (Å²) in [6.07, 6.45) is 2.85. The number of halogens is 1. The fourth-order valence-corrected chi connectivity index (χ4v) is 4.25. The molecule has 0 atom stereocenters. The molecule has 0 unspecified atom stereocenters. The van der Waals surface area contributed by atoms with E-state index in [2.05, 4.69) is 15.3 Å². The van der Waals surface area contributed by atoms with Gasteiger partial charge in [-0.2, -0.15) is 0 Å². The van der Waals surface area contributed by atoms with Crippen LogP contribution >= 0.6 is 22.9 Å². The number of nitrogens with one attached hydrogen (secondary N) is 1. The normalized spacial score (nSPS) is 11.9. The van der Waals surface area contributed by atoms with Crippen molar-refractivity contribution in [2.75, 3.05) is 11.6 Å². The molecule has 0 amide bonds. The van der Waals surface area contributed by atoms with Gasteiger partial charge >= 0.3 is 0 Å². The summed E-state index contributed by atoms with van der Waals surface area (Å²) in [5, 5.41) is 4.51. The van der Waals surface area contributed by atoms with Crippen molar-refractivity contribution in [1.29, 1.82) is 0 Å². The first kappa shape index (κ1) is 16.3. The molecule has 0 aliphatic rings. The summed E-state index contributed by atoms with van der Waals surface area (Å²) >= 11 is 7.98. The molecule has 5 nitrogen and oxygen atoms in total. The molecule has 0 aliphatic heterocycles. The van der Waals surface area contributed by atoms with Gasteiger partial charge in [0.2, 0.25) is 0 Å².